The van der Waals surface area contributed by atoms with Gasteiger partial charge in [-0.1, -0.05) is 0 Å². The molecule has 2 heterocycles. The summed E-state index contributed by atoms with van der Waals surface area (Å²) in [7, 11) is 0. The molecule has 0 radical (unpaired) electrons. The second-order valence-corrected chi connectivity index (χ2v) is 8.55. The van der Waals surface area contributed by atoms with Crippen LogP contribution >= 0.6 is 0 Å². The van der Waals surface area contributed by atoms with Crippen molar-refractivity contribution in [3.63, 3.8) is 0 Å². The summed E-state index contributed by atoms with van der Waals surface area (Å²) in [6, 6.07) is 14.2. The van der Waals surface area contributed by atoms with Gasteiger partial charge in [0, 0.05) is 23.6 Å². The number of anilines is 3. The lowest BCUT2D eigenvalue weighted by atomic mass is 10.1. The molecule has 0 atom stereocenters. The SMILES string of the molecule is CC(C)(C)Oc1ccc(C(=O)n2nc(Nc3ccc(OCCn4ccnc4)cc3)nc2N)cc1. The molecule has 34 heavy (non-hydrogen) atoms. The Hall–Kier alpha value is -4.34. The van der Waals surface area contributed by atoms with Crippen LogP contribution in [-0.2, 0) is 6.54 Å². The third-order valence-corrected chi connectivity index (χ3v) is 4.64. The molecule has 0 saturated carbocycles. The number of aromatic nitrogens is 5. The number of carbonyl (C=O) groups is 1. The molecule has 2 aromatic heterocycles. The van der Waals surface area contributed by atoms with Gasteiger partial charge in [0.15, 0.2) is 0 Å². The maximum Gasteiger partial charge on any atom is 0.281 e. The van der Waals surface area contributed by atoms with Crippen LogP contribution in [-0.4, -0.2) is 42.4 Å². The van der Waals surface area contributed by atoms with Crippen LogP contribution in [0.5, 0.6) is 11.5 Å². The molecular weight excluding hydrogens is 434 g/mol. The average molecular weight is 462 g/mol. The summed E-state index contributed by atoms with van der Waals surface area (Å²) >= 11 is 0. The van der Waals surface area contributed by atoms with Crippen LogP contribution in [0.2, 0.25) is 0 Å². The summed E-state index contributed by atoms with van der Waals surface area (Å²) in [5.74, 6) is 1.22. The maximum absolute atomic E-state index is 12.8. The van der Waals surface area contributed by atoms with E-state index in [0.29, 0.717) is 24.5 Å². The lowest BCUT2D eigenvalue weighted by molar-refractivity contribution is 0.0948. The molecule has 0 aliphatic rings. The van der Waals surface area contributed by atoms with E-state index in [1.807, 2.05) is 55.8 Å². The second-order valence-electron chi connectivity index (χ2n) is 8.55. The molecule has 3 N–H and O–H groups in total. The van der Waals surface area contributed by atoms with Crippen LogP contribution in [0.1, 0.15) is 31.1 Å². The van der Waals surface area contributed by atoms with Gasteiger partial charge in [-0.05, 0) is 69.3 Å². The summed E-state index contributed by atoms with van der Waals surface area (Å²) in [6.07, 6.45) is 5.36. The number of rotatable bonds is 8. The van der Waals surface area contributed by atoms with Crippen molar-refractivity contribution in [1.29, 1.82) is 0 Å². The third-order valence-electron chi connectivity index (χ3n) is 4.64. The van der Waals surface area contributed by atoms with Gasteiger partial charge in [0.05, 0.1) is 12.9 Å². The van der Waals surface area contributed by atoms with E-state index < -0.39 is 0 Å². The molecule has 4 rings (SSSR count). The minimum atomic E-state index is -0.387. The zero-order valence-electron chi connectivity index (χ0n) is 19.3. The highest BCUT2D eigenvalue weighted by Crippen LogP contribution is 2.21. The standard InChI is InChI=1S/C24H27N7O3/c1-24(2,3)34-20-8-4-17(5-9-20)21(32)31-22(25)28-23(29-31)27-18-6-10-19(11-7-18)33-15-14-30-13-12-26-16-30/h4-13,16H,14-15H2,1-3H3,(H3,25,27,28,29). The predicted octanol–water partition coefficient (Wildman–Crippen LogP) is 3.75. The fraction of sp³-hybridized carbons (Fsp3) is 0.250. The highest BCUT2D eigenvalue weighted by Gasteiger charge is 2.17. The van der Waals surface area contributed by atoms with Gasteiger partial charge in [-0.2, -0.15) is 9.67 Å². The van der Waals surface area contributed by atoms with E-state index in [1.165, 1.54) is 0 Å². The van der Waals surface area contributed by atoms with E-state index in [-0.39, 0.29) is 23.4 Å². The molecule has 2 aromatic carbocycles. The number of imidazole rings is 1. The average Bonchev–Trinajstić information content (AvgIpc) is 3.43. The highest BCUT2D eigenvalue weighted by molar-refractivity contribution is 5.97. The molecule has 0 saturated heterocycles. The molecule has 0 unspecified atom stereocenters. The molecule has 0 amide bonds. The predicted molar refractivity (Wildman–Crippen MR) is 128 cm³/mol. The van der Waals surface area contributed by atoms with E-state index in [4.69, 9.17) is 15.2 Å². The molecule has 0 aliphatic heterocycles. The molecule has 0 bridgehead atoms. The van der Waals surface area contributed by atoms with E-state index >= 15 is 0 Å². The van der Waals surface area contributed by atoms with E-state index in [1.54, 1.807) is 36.8 Å². The number of nitrogens with two attached hydrogens (primary N) is 1. The number of nitrogens with zero attached hydrogens (tertiary/aromatic N) is 5. The van der Waals surface area contributed by atoms with E-state index in [0.717, 1.165) is 16.1 Å². The summed E-state index contributed by atoms with van der Waals surface area (Å²) < 4.78 is 14.5. The van der Waals surface area contributed by atoms with Crippen LogP contribution in [0, 0.1) is 0 Å². The second kappa shape index (κ2) is 9.65. The highest BCUT2D eigenvalue weighted by atomic mass is 16.5. The van der Waals surface area contributed by atoms with Gasteiger partial charge in [-0.25, -0.2) is 4.98 Å². The van der Waals surface area contributed by atoms with Crippen molar-refractivity contribution in [2.75, 3.05) is 17.7 Å². The first-order valence-electron chi connectivity index (χ1n) is 10.8. The molecule has 10 nitrogen and oxygen atoms in total. The monoisotopic (exact) mass is 461 g/mol. The van der Waals surface area contributed by atoms with Gasteiger partial charge in [-0.3, -0.25) is 4.79 Å². The maximum atomic E-state index is 12.8. The Bertz CT molecular complexity index is 1230. The number of carbonyl (C=O) groups excluding carboxylic acids is 1. The molecule has 0 spiro atoms. The summed E-state index contributed by atoms with van der Waals surface area (Å²) in [4.78, 5) is 21.0. The lowest BCUT2D eigenvalue weighted by Gasteiger charge is -2.21. The quantitative estimate of drug-likeness (QED) is 0.407. The Labute approximate surface area is 197 Å². The zero-order chi connectivity index (χ0) is 24.1. The normalized spacial score (nSPS) is 11.3. The van der Waals surface area contributed by atoms with Crippen molar-refractivity contribution in [3.05, 3.63) is 72.8 Å². The number of hydrogen-bond acceptors (Lipinski definition) is 8. The Kier molecular flexibility index (Phi) is 6.48. The number of benzene rings is 2. The van der Waals surface area contributed by atoms with Crippen molar-refractivity contribution in [2.45, 2.75) is 32.9 Å². The van der Waals surface area contributed by atoms with Gasteiger partial charge >= 0.3 is 0 Å². The topological polar surface area (TPSA) is 122 Å². The van der Waals surface area contributed by atoms with Crippen LogP contribution in [0.4, 0.5) is 17.6 Å². The van der Waals surface area contributed by atoms with E-state index in [9.17, 15) is 4.79 Å². The molecule has 176 valence electrons. The van der Waals surface area contributed by atoms with Gasteiger partial charge in [0.1, 0.15) is 23.7 Å². The molecule has 10 heteroatoms. The fourth-order valence-corrected chi connectivity index (χ4v) is 3.12. The first-order chi connectivity index (χ1) is 16.3. The van der Waals surface area contributed by atoms with Crippen molar-refractivity contribution in [3.8, 4) is 11.5 Å². The number of nitrogen functional groups attached to an aromatic ring is 1. The number of hydrogen-bond donors (Lipinski definition) is 2. The first kappa shape index (κ1) is 22.8. The van der Waals surface area contributed by atoms with Crippen molar-refractivity contribution in [1.82, 2.24) is 24.3 Å². The van der Waals surface area contributed by atoms with Crippen LogP contribution in [0.25, 0.3) is 0 Å². The van der Waals surface area contributed by atoms with Gasteiger partial charge < -0.3 is 25.1 Å². The molecule has 0 fully saturated rings. The lowest BCUT2D eigenvalue weighted by Crippen LogP contribution is -2.23. The van der Waals surface area contributed by atoms with Crippen molar-refractivity contribution < 1.29 is 14.3 Å². The number of ether oxygens (including phenoxy) is 2. The van der Waals surface area contributed by atoms with Gasteiger partial charge in [0.25, 0.3) is 5.91 Å². The minimum absolute atomic E-state index is 0.0121. The van der Waals surface area contributed by atoms with Crippen LogP contribution in [0.15, 0.2) is 67.3 Å². The fourth-order valence-electron chi connectivity index (χ4n) is 3.12. The zero-order valence-corrected chi connectivity index (χ0v) is 19.3. The Morgan fingerprint density at radius 1 is 1.06 bits per heavy atom. The summed E-state index contributed by atoms with van der Waals surface area (Å²) in [6.45, 7) is 7.11. The Morgan fingerprint density at radius 3 is 2.41 bits per heavy atom. The third kappa shape index (κ3) is 5.91. The van der Waals surface area contributed by atoms with Crippen LogP contribution < -0.4 is 20.5 Å². The van der Waals surface area contributed by atoms with Crippen molar-refractivity contribution in [2.24, 2.45) is 0 Å². The summed E-state index contributed by atoms with van der Waals surface area (Å²) in [5, 5.41) is 7.26. The molecule has 4 aromatic rings. The first-order valence-corrected chi connectivity index (χ1v) is 10.8. The van der Waals surface area contributed by atoms with Crippen molar-refractivity contribution >= 4 is 23.5 Å². The Balaban J connectivity index is 1.36. The minimum Gasteiger partial charge on any atom is -0.492 e. The van der Waals surface area contributed by atoms with Crippen LogP contribution in [0.3, 0.4) is 0 Å². The number of nitrogens with one attached hydrogen (secondary N) is 1. The van der Waals surface area contributed by atoms with Gasteiger partial charge in [0.2, 0.25) is 11.9 Å². The smallest absolute Gasteiger partial charge is 0.281 e. The Morgan fingerprint density at radius 2 is 1.76 bits per heavy atom. The largest absolute Gasteiger partial charge is 0.492 e. The molecular formula is C24H27N7O3. The van der Waals surface area contributed by atoms with Gasteiger partial charge in [-0.15, -0.1) is 5.10 Å². The summed E-state index contributed by atoms with van der Waals surface area (Å²) in [5.41, 5.74) is 6.77. The van der Waals surface area contributed by atoms with E-state index in [2.05, 4.69) is 20.4 Å². The molecule has 0 aliphatic carbocycles.